The zero-order valence-electron chi connectivity index (χ0n) is 13.3. The van der Waals surface area contributed by atoms with E-state index in [1.807, 2.05) is 0 Å². The summed E-state index contributed by atoms with van der Waals surface area (Å²) in [6.07, 6.45) is 6.32. The molecular weight excluding hydrogens is 274 g/mol. The fourth-order valence-corrected chi connectivity index (χ4v) is 2.94. The number of fused-ring (bicyclic) bond motifs is 1. The van der Waals surface area contributed by atoms with Gasteiger partial charge >= 0.3 is 0 Å². The van der Waals surface area contributed by atoms with Crippen LogP contribution in [0.1, 0.15) is 38.7 Å². The highest BCUT2D eigenvalue weighted by Crippen LogP contribution is 2.36. The maximum atomic E-state index is 4.64. The Morgan fingerprint density at radius 1 is 1.27 bits per heavy atom. The number of nitrogens with zero attached hydrogens (tertiary/aromatic N) is 4. The van der Waals surface area contributed by atoms with Crippen molar-refractivity contribution in [3.05, 3.63) is 36.0 Å². The molecule has 1 N–H and O–H groups in total. The van der Waals surface area contributed by atoms with Gasteiger partial charge in [-0.15, -0.1) is 5.10 Å². The number of anilines is 3. The van der Waals surface area contributed by atoms with Crippen LogP contribution >= 0.6 is 0 Å². The Balaban J connectivity index is 1.77. The van der Waals surface area contributed by atoms with Crippen molar-refractivity contribution < 1.29 is 0 Å². The smallest absolute Gasteiger partial charge is 0.252 e. The van der Waals surface area contributed by atoms with Crippen LogP contribution in [-0.4, -0.2) is 27.8 Å². The van der Waals surface area contributed by atoms with Crippen LogP contribution in [0.15, 0.2) is 30.5 Å². The number of hydrogen-bond acceptors (Lipinski definition) is 5. The topological polar surface area (TPSA) is 53.9 Å². The Labute approximate surface area is 131 Å². The molecule has 0 aliphatic carbocycles. The minimum Gasteiger partial charge on any atom is -0.369 e. The normalized spacial score (nSPS) is 16.6. The van der Waals surface area contributed by atoms with Crippen LogP contribution in [0, 0.1) is 0 Å². The molecule has 1 atom stereocenters. The summed E-state index contributed by atoms with van der Waals surface area (Å²) in [6, 6.07) is 8.80. The lowest BCUT2D eigenvalue weighted by atomic mass is 10.1. The van der Waals surface area contributed by atoms with Crippen LogP contribution in [0.5, 0.6) is 0 Å². The van der Waals surface area contributed by atoms with Gasteiger partial charge in [0.1, 0.15) is 0 Å². The van der Waals surface area contributed by atoms with E-state index in [1.54, 1.807) is 6.20 Å². The van der Waals surface area contributed by atoms with Crippen molar-refractivity contribution in [2.24, 2.45) is 0 Å². The molecule has 0 fully saturated rings. The largest absolute Gasteiger partial charge is 0.369 e. The highest BCUT2D eigenvalue weighted by atomic mass is 15.4. The molecule has 0 radical (unpaired) electrons. The van der Waals surface area contributed by atoms with Gasteiger partial charge in [-0.05, 0) is 31.4 Å². The van der Waals surface area contributed by atoms with Crippen molar-refractivity contribution in [2.75, 3.05) is 16.8 Å². The van der Waals surface area contributed by atoms with E-state index in [0.717, 1.165) is 25.2 Å². The number of nitrogens with one attached hydrogen (secondary N) is 1. The molecule has 0 amide bonds. The Kier molecular flexibility index (Phi) is 4.51. The van der Waals surface area contributed by atoms with Gasteiger partial charge in [0.25, 0.3) is 5.95 Å². The summed E-state index contributed by atoms with van der Waals surface area (Å²) >= 11 is 0. The third-order valence-electron chi connectivity index (χ3n) is 4.06. The highest BCUT2D eigenvalue weighted by molar-refractivity contribution is 5.67. The molecular formula is C17H23N5. The van der Waals surface area contributed by atoms with E-state index in [9.17, 15) is 0 Å². The van der Waals surface area contributed by atoms with Crippen LogP contribution in [0.4, 0.5) is 17.5 Å². The predicted molar refractivity (Wildman–Crippen MR) is 89.6 cm³/mol. The Hall–Kier alpha value is -2.17. The second-order valence-corrected chi connectivity index (χ2v) is 5.83. The van der Waals surface area contributed by atoms with Crippen LogP contribution in [0.2, 0.25) is 0 Å². The van der Waals surface area contributed by atoms with Crippen molar-refractivity contribution in [3.63, 3.8) is 0 Å². The third-order valence-corrected chi connectivity index (χ3v) is 4.06. The van der Waals surface area contributed by atoms with E-state index in [1.165, 1.54) is 24.1 Å². The van der Waals surface area contributed by atoms with Gasteiger partial charge in [-0.25, -0.2) is 0 Å². The van der Waals surface area contributed by atoms with Crippen molar-refractivity contribution in [3.8, 4) is 0 Å². The molecule has 1 unspecified atom stereocenters. The van der Waals surface area contributed by atoms with E-state index in [0.29, 0.717) is 12.0 Å². The van der Waals surface area contributed by atoms with E-state index in [-0.39, 0.29) is 0 Å². The van der Waals surface area contributed by atoms with Crippen molar-refractivity contribution in [2.45, 2.75) is 45.6 Å². The first-order valence-electron chi connectivity index (χ1n) is 8.10. The number of rotatable bonds is 6. The third kappa shape index (κ3) is 3.03. The molecule has 1 aromatic carbocycles. The molecule has 5 nitrogen and oxygen atoms in total. The molecule has 0 bridgehead atoms. The fraction of sp³-hybridized carbons (Fsp3) is 0.471. The Morgan fingerprint density at radius 2 is 2.14 bits per heavy atom. The highest BCUT2D eigenvalue weighted by Gasteiger charge is 2.28. The van der Waals surface area contributed by atoms with Gasteiger partial charge in [0, 0.05) is 18.3 Å². The van der Waals surface area contributed by atoms with Gasteiger partial charge in [-0.3, -0.25) is 0 Å². The number of unbranched alkanes of at least 4 members (excludes halogenated alkanes) is 2. The van der Waals surface area contributed by atoms with Crippen molar-refractivity contribution in [1.29, 1.82) is 0 Å². The van der Waals surface area contributed by atoms with E-state index >= 15 is 0 Å². The van der Waals surface area contributed by atoms with E-state index < -0.39 is 0 Å². The molecule has 116 valence electrons. The molecule has 5 heteroatoms. The number of aromatic nitrogens is 3. The molecule has 1 aliphatic rings. The van der Waals surface area contributed by atoms with Gasteiger partial charge in [-0.2, -0.15) is 10.1 Å². The molecule has 0 saturated carbocycles. The Morgan fingerprint density at radius 3 is 3.00 bits per heavy atom. The lowest BCUT2D eigenvalue weighted by Crippen LogP contribution is -2.26. The summed E-state index contributed by atoms with van der Waals surface area (Å²) in [6.45, 7) is 5.33. The predicted octanol–water partition coefficient (Wildman–Crippen LogP) is 3.56. The molecule has 0 spiro atoms. The van der Waals surface area contributed by atoms with Gasteiger partial charge < -0.3 is 10.2 Å². The summed E-state index contributed by atoms with van der Waals surface area (Å²) in [5.74, 6) is 1.48. The second-order valence-electron chi connectivity index (χ2n) is 5.83. The summed E-state index contributed by atoms with van der Waals surface area (Å²) in [7, 11) is 0. The first-order valence-corrected chi connectivity index (χ1v) is 8.10. The minimum atomic E-state index is 0.356. The molecule has 3 rings (SSSR count). The fourth-order valence-electron chi connectivity index (χ4n) is 2.94. The molecule has 2 heterocycles. The Bertz CT molecular complexity index is 628. The summed E-state index contributed by atoms with van der Waals surface area (Å²) in [5.41, 5.74) is 2.54. The summed E-state index contributed by atoms with van der Waals surface area (Å²) in [4.78, 5) is 6.82. The van der Waals surface area contributed by atoms with Crippen LogP contribution in [0.25, 0.3) is 0 Å². The molecule has 22 heavy (non-hydrogen) atoms. The lowest BCUT2D eigenvalue weighted by Gasteiger charge is -2.22. The first kappa shape index (κ1) is 14.8. The van der Waals surface area contributed by atoms with E-state index in [4.69, 9.17) is 0 Å². The SMILES string of the molecule is CCCCCNc1cnnc(N2c3ccccc3CC2C)n1. The monoisotopic (exact) mass is 297 g/mol. The average Bonchev–Trinajstić information content (AvgIpc) is 2.87. The van der Waals surface area contributed by atoms with E-state index in [2.05, 4.69) is 63.5 Å². The molecule has 1 aromatic heterocycles. The molecule has 0 saturated heterocycles. The minimum absolute atomic E-state index is 0.356. The first-order chi connectivity index (χ1) is 10.8. The number of benzene rings is 1. The van der Waals surface area contributed by atoms with Crippen molar-refractivity contribution in [1.82, 2.24) is 15.2 Å². The quantitative estimate of drug-likeness (QED) is 0.826. The molecule has 1 aliphatic heterocycles. The number of hydrogen-bond donors (Lipinski definition) is 1. The second kappa shape index (κ2) is 6.73. The van der Waals surface area contributed by atoms with Crippen LogP contribution in [-0.2, 0) is 6.42 Å². The zero-order valence-corrected chi connectivity index (χ0v) is 13.3. The molecule has 2 aromatic rings. The summed E-state index contributed by atoms with van der Waals surface area (Å²) < 4.78 is 0. The van der Waals surface area contributed by atoms with Crippen LogP contribution in [0.3, 0.4) is 0 Å². The van der Waals surface area contributed by atoms with Gasteiger partial charge in [0.15, 0.2) is 5.82 Å². The lowest BCUT2D eigenvalue weighted by molar-refractivity contribution is 0.725. The van der Waals surface area contributed by atoms with Crippen LogP contribution < -0.4 is 10.2 Å². The standard InChI is InChI=1S/C17H23N5/c1-3-4-7-10-18-16-12-19-21-17(20-16)22-13(2)11-14-8-5-6-9-15(14)22/h5-6,8-9,12-13H,3-4,7,10-11H2,1-2H3,(H,18,20,21). The maximum Gasteiger partial charge on any atom is 0.252 e. The van der Waals surface area contributed by atoms with Crippen molar-refractivity contribution >= 4 is 17.5 Å². The zero-order chi connectivity index (χ0) is 15.4. The van der Waals surface area contributed by atoms with Gasteiger partial charge in [-0.1, -0.05) is 38.0 Å². The number of para-hydroxylation sites is 1. The maximum absolute atomic E-state index is 4.64. The van der Waals surface area contributed by atoms with Gasteiger partial charge in [0.05, 0.1) is 6.20 Å². The van der Waals surface area contributed by atoms with Gasteiger partial charge in [0.2, 0.25) is 0 Å². The average molecular weight is 297 g/mol. The summed E-state index contributed by atoms with van der Waals surface area (Å²) in [5, 5.41) is 11.7.